The van der Waals surface area contributed by atoms with Crippen molar-refractivity contribution in [1.82, 2.24) is 0 Å². The Hall–Kier alpha value is -1.02. The second-order valence-electron chi connectivity index (χ2n) is 3.24. The van der Waals surface area contributed by atoms with Gasteiger partial charge in [-0.1, -0.05) is 11.6 Å². The standard InChI is InChI=1S/C12H7BrClNOS/c13-9-3-4-17-12(9)7-16-11-2-1-8(6-15)5-10(11)14/h1-5H,7H2. The normalized spacial score (nSPS) is 9.94. The molecule has 1 aromatic carbocycles. The van der Waals surface area contributed by atoms with Gasteiger partial charge < -0.3 is 4.74 Å². The Labute approximate surface area is 117 Å². The van der Waals surface area contributed by atoms with Crippen LogP contribution in [0, 0.1) is 11.3 Å². The summed E-state index contributed by atoms with van der Waals surface area (Å²) in [5.41, 5.74) is 0.527. The third-order valence-electron chi connectivity index (χ3n) is 2.11. The highest BCUT2D eigenvalue weighted by Crippen LogP contribution is 2.28. The minimum absolute atomic E-state index is 0.455. The summed E-state index contributed by atoms with van der Waals surface area (Å²) >= 11 is 11.1. The SMILES string of the molecule is N#Cc1ccc(OCc2sccc2Br)c(Cl)c1. The maximum Gasteiger partial charge on any atom is 0.138 e. The van der Waals surface area contributed by atoms with Gasteiger partial charge in [0.05, 0.1) is 21.5 Å². The fraction of sp³-hybridized carbons (Fsp3) is 0.0833. The second-order valence-corrected chi connectivity index (χ2v) is 5.50. The lowest BCUT2D eigenvalue weighted by Gasteiger charge is -2.07. The van der Waals surface area contributed by atoms with Crippen molar-refractivity contribution < 1.29 is 4.74 Å². The number of nitrogens with zero attached hydrogens (tertiary/aromatic N) is 1. The molecule has 0 N–H and O–H groups in total. The molecule has 0 bridgehead atoms. The van der Waals surface area contributed by atoms with Gasteiger partial charge in [-0.15, -0.1) is 11.3 Å². The van der Waals surface area contributed by atoms with Crippen LogP contribution in [0.2, 0.25) is 5.02 Å². The summed E-state index contributed by atoms with van der Waals surface area (Å²) in [5.74, 6) is 0.589. The van der Waals surface area contributed by atoms with Gasteiger partial charge in [0.25, 0.3) is 0 Å². The molecule has 1 aromatic heterocycles. The molecule has 0 unspecified atom stereocenters. The van der Waals surface area contributed by atoms with E-state index in [1.807, 2.05) is 17.5 Å². The first-order chi connectivity index (χ1) is 8.20. The number of halogens is 2. The minimum atomic E-state index is 0.455. The molecule has 17 heavy (non-hydrogen) atoms. The van der Waals surface area contributed by atoms with E-state index in [4.69, 9.17) is 21.6 Å². The van der Waals surface area contributed by atoms with Gasteiger partial charge in [-0.3, -0.25) is 0 Å². The first kappa shape index (κ1) is 12.4. The average Bonchev–Trinajstić information content (AvgIpc) is 2.73. The van der Waals surface area contributed by atoms with Crippen LogP contribution in [0.15, 0.2) is 34.1 Å². The lowest BCUT2D eigenvalue weighted by Crippen LogP contribution is -1.94. The predicted octanol–water partition coefficient (Wildman–Crippen LogP) is 4.61. The molecule has 86 valence electrons. The van der Waals surface area contributed by atoms with E-state index in [-0.39, 0.29) is 0 Å². The summed E-state index contributed by atoms with van der Waals surface area (Å²) in [7, 11) is 0. The van der Waals surface area contributed by atoms with Gasteiger partial charge in [0.15, 0.2) is 0 Å². The van der Waals surface area contributed by atoms with E-state index in [1.165, 1.54) is 0 Å². The van der Waals surface area contributed by atoms with Crippen LogP contribution < -0.4 is 4.74 Å². The van der Waals surface area contributed by atoms with E-state index < -0.39 is 0 Å². The summed E-state index contributed by atoms with van der Waals surface area (Å²) in [4.78, 5) is 1.10. The highest BCUT2D eigenvalue weighted by atomic mass is 79.9. The van der Waals surface area contributed by atoms with E-state index in [0.29, 0.717) is 22.9 Å². The van der Waals surface area contributed by atoms with Crippen molar-refractivity contribution in [2.75, 3.05) is 0 Å². The van der Waals surface area contributed by atoms with Crippen molar-refractivity contribution >= 4 is 38.9 Å². The molecule has 0 radical (unpaired) electrons. The number of benzene rings is 1. The van der Waals surface area contributed by atoms with Gasteiger partial charge in [-0.25, -0.2) is 0 Å². The predicted molar refractivity (Wildman–Crippen MR) is 72.5 cm³/mol. The first-order valence-corrected chi connectivity index (χ1v) is 6.80. The van der Waals surface area contributed by atoms with Gasteiger partial charge in [0, 0.05) is 4.47 Å². The molecule has 0 spiro atoms. The number of rotatable bonds is 3. The summed E-state index contributed by atoms with van der Waals surface area (Å²) in [6.45, 7) is 0.462. The van der Waals surface area contributed by atoms with E-state index >= 15 is 0 Å². The zero-order chi connectivity index (χ0) is 12.3. The van der Waals surface area contributed by atoms with Crippen LogP contribution in [0.5, 0.6) is 5.75 Å². The molecule has 2 aromatic rings. The molecule has 0 aliphatic carbocycles. The third-order valence-corrected chi connectivity index (χ3v) is 4.31. The van der Waals surface area contributed by atoms with Gasteiger partial charge in [0.1, 0.15) is 12.4 Å². The Morgan fingerprint density at radius 1 is 1.41 bits per heavy atom. The molecule has 0 aliphatic heterocycles. The van der Waals surface area contributed by atoms with E-state index in [1.54, 1.807) is 29.5 Å². The number of thiophene rings is 1. The Kier molecular flexibility index (Phi) is 4.06. The van der Waals surface area contributed by atoms with Gasteiger partial charge in [-0.05, 0) is 45.6 Å². The van der Waals surface area contributed by atoms with E-state index in [2.05, 4.69) is 15.9 Å². The van der Waals surface area contributed by atoms with Crippen molar-refractivity contribution in [2.24, 2.45) is 0 Å². The fourth-order valence-electron chi connectivity index (χ4n) is 1.26. The van der Waals surface area contributed by atoms with Crippen molar-refractivity contribution in [3.63, 3.8) is 0 Å². The van der Waals surface area contributed by atoms with Gasteiger partial charge >= 0.3 is 0 Å². The van der Waals surface area contributed by atoms with Crippen LogP contribution in [-0.2, 0) is 6.61 Å². The maximum absolute atomic E-state index is 8.72. The average molecular weight is 329 g/mol. The molecule has 2 nitrogen and oxygen atoms in total. The van der Waals surface area contributed by atoms with Crippen LogP contribution in [0.4, 0.5) is 0 Å². The Morgan fingerprint density at radius 3 is 2.82 bits per heavy atom. The topological polar surface area (TPSA) is 33.0 Å². The van der Waals surface area contributed by atoms with Crippen LogP contribution in [0.3, 0.4) is 0 Å². The molecule has 0 fully saturated rings. The molecule has 0 saturated heterocycles. The highest BCUT2D eigenvalue weighted by Gasteiger charge is 2.06. The minimum Gasteiger partial charge on any atom is -0.486 e. The van der Waals surface area contributed by atoms with Gasteiger partial charge in [-0.2, -0.15) is 5.26 Å². The molecule has 0 aliphatic rings. The van der Waals surface area contributed by atoms with E-state index in [9.17, 15) is 0 Å². The largest absolute Gasteiger partial charge is 0.486 e. The Bertz CT molecular complexity index is 576. The van der Waals surface area contributed by atoms with Crippen LogP contribution in [-0.4, -0.2) is 0 Å². The highest BCUT2D eigenvalue weighted by molar-refractivity contribution is 9.10. The lowest BCUT2D eigenvalue weighted by molar-refractivity contribution is 0.309. The second kappa shape index (κ2) is 5.54. The molecule has 0 saturated carbocycles. The summed E-state index contributed by atoms with van der Waals surface area (Å²) in [6.07, 6.45) is 0. The van der Waals surface area contributed by atoms with Crippen molar-refractivity contribution in [1.29, 1.82) is 5.26 Å². The van der Waals surface area contributed by atoms with Crippen LogP contribution >= 0.6 is 38.9 Å². The molecule has 0 amide bonds. The fourth-order valence-corrected chi connectivity index (χ4v) is 2.87. The zero-order valence-corrected chi connectivity index (χ0v) is 11.8. The summed E-state index contributed by atoms with van der Waals surface area (Å²) in [6, 6.07) is 9.00. The van der Waals surface area contributed by atoms with Crippen LogP contribution in [0.1, 0.15) is 10.4 Å². The number of nitriles is 1. The summed E-state index contributed by atoms with van der Waals surface area (Å²) in [5, 5.41) is 11.2. The molecular weight excluding hydrogens is 322 g/mol. The third kappa shape index (κ3) is 3.01. The molecule has 0 atom stereocenters. The quantitative estimate of drug-likeness (QED) is 0.824. The van der Waals surface area contributed by atoms with Crippen LogP contribution in [0.25, 0.3) is 0 Å². The monoisotopic (exact) mass is 327 g/mol. The van der Waals surface area contributed by atoms with Crippen molar-refractivity contribution in [3.8, 4) is 11.8 Å². The molecule has 1 heterocycles. The molecule has 5 heteroatoms. The summed E-state index contributed by atoms with van der Waals surface area (Å²) < 4.78 is 6.64. The number of hydrogen-bond donors (Lipinski definition) is 0. The van der Waals surface area contributed by atoms with Crippen molar-refractivity contribution in [3.05, 3.63) is 49.6 Å². The first-order valence-electron chi connectivity index (χ1n) is 4.75. The molecule has 2 rings (SSSR count). The van der Waals surface area contributed by atoms with Crippen molar-refractivity contribution in [2.45, 2.75) is 6.61 Å². The van der Waals surface area contributed by atoms with E-state index in [0.717, 1.165) is 9.35 Å². The van der Waals surface area contributed by atoms with Gasteiger partial charge in [0.2, 0.25) is 0 Å². The smallest absolute Gasteiger partial charge is 0.138 e. The number of ether oxygens (including phenoxy) is 1. The zero-order valence-electron chi connectivity index (χ0n) is 8.61. The Morgan fingerprint density at radius 2 is 2.24 bits per heavy atom. The number of hydrogen-bond acceptors (Lipinski definition) is 3. The maximum atomic E-state index is 8.72. The Balaban J connectivity index is 2.10. The molecular formula is C12H7BrClNOS. The lowest BCUT2D eigenvalue weighted by atomic mass is 10.2.